The van der Waals surface area contributed by atoms with Crippen molar-refractivity contribution >= 4 is 101 Å². The Kier molecular flexibility index (Phi) is 33.9. The first-order valence-electron chi connectivity index (χ1n) is 32.9. The Morgan fingerprint density at radius 2 is 1.06 bits per heavy atom. The number of phenols is 2. The van der Waals surface area contributed by atoms with Gasteiger partial charge in [-0.05, 0) is 98.2 Å². The lowest BCUT2D eigenvalue weighted by atomic mass is 9.86. The van der Waals surface area contributed by atoms with E-state index in [1.165, 1.54) is 48.2 Å². The third-order valence-electron chi connectivity index (χ3n) is 17.0. The fourth-order valence-electron chi connectivity index (χ4n) is 11.6. The standard InChI is InChI=1S/C69H95N11O18S/c1-38(2)26-39(3)56(85)31-44(28-42-14-18-47(82)19-15-42)65(95)76-49(12-8-24-74-69(72)73)57(86)27-40(4)64(94)77-50(34-60(70)89)55(84)22-23-61(90)75-51(35-62(91)92)58(87)33-46(30-41-10-6-5-7-11-41)68(98)80-25-9-13-54(80)67(97)79-53(37-99)59(88)32-45(29-43-16-20-48(83)21-17-43)66(96)78-52(36-81)63(71)93/h5-7,10-11,14-21,38-40,44-46,49-54,81-83,99H,8-9,12-13,22-37H2,1-4H3,(H2,70,89)(H2,71,93)(H,75,90)(H,76,95)(H,77,94)(H,78,96)(H,79,97)(H,91,92)(H4,72,73,74)/t39-,40+,44+,45+,46+,49-,50-,51-,52-,53-,54-/m0/s1. The van der Waals surface area contributed by atoms with Crippen molar-refractivity contribution in [1.29, 1.82) is 0 Å². The Balaban J connectivity index is 1.47. The number of aliphatic hydroxyl groups excluding tert-OH is 1. The average molecular weight is 1400 g/mol. The molecule has 29 nitrogen and oxygen atoms in total. The summed E-state index contributed by atoms with van der Waals surface area (Å²) in [5.41, 5.74) is 23.6. The monoisotopic (exact) mass is 1400 g/mol. The molecule has 17 N–H and O–H groups in total. The third-order valence-corrected chi connectivity index (χ3v) is 17.3. The highest BCUT2D eigenvalue weighted by atomic mass is 32.1. The van der Waals surface area contributed by atoms with Gasteiger partial charge in [-0.15, -0.1) is 0 Å². The number of hydrogen-bond acceptors (Lipinski definition) is 19. The Morgan fingerprint density at radius 3 is 1.59 bits per heavy atom. The van der Waals surface area contributed by atoms with Gasteiger partial charge in [0.2, 0.25) is 47.3 Å². The van der Waals surface area contributed by atoms with Crippen molar-refractivity contribution in [3.8, 4) is 11.5 Å². The molecule has 99 heavy (non-hydrogen) atoms. The molecule has 11 atom stereocenters. The fourth-order valence-corrected chi connectivity index (χ4v) is 11.9. The van der Waals surface area contributed by atoms with Crippen LogP contribution in [-0.2, 0) is 86.4 Å². The van der Waals surface area contributed by atoms with Gasteiger partial charge >= 0.3 is 5.97 Å². The van der Waals surface area contributed by atoms with E-state index in [0.717, 1.165) is 0 Å². The van der Waals surface area contributed by atoms with E-state index in [0.29, 0.717) is 29.5 Å². The van der Waals surface area contributed by atoms with Crippen molar-refractivity contribution in [3.05, 3.63) is 95.6 Å². The third kappa shape index (κ3) is 28.4. The van der Waals surface area contributed by atoms with Crippen LogP contribution in [0.15, 0.2) is 83.9 Å². The topological polar surface area (TPSA) is 500 Å². The molecule has 1 heterocycles. The van der Waals surface area contributed by atoms with E-state index in [-0.39, 0.29) is 98.9 Å². The van der Waals surface area contributed by atoms with Crippen molar-refractivity contribution in [2.45, 2.75) is 167 Å². The van der Waals surface area contributed by atoms with E-state index in [1.54, 1.807) is 49.4 Å². The molecule has 1 aliphatic rings. The van der Waals surface area contributed by atoms with Crippen LogP contribution in [0.3, 0.4) is 0 Å². The quantitative estimate of drug-likeness (QED) is 0.0160. The van der Waals surface area contributed by atoms with Gasteiger partial charge in [-0.1, -0.05) is 82.3 Å². The summed E-state index contributed by atoms with van der Waals surface area (Å²) >= 11 is 4.30. The SMILES string of the molecule is CC(C)C[C@H](C)C(=O)C[C@@H](Cc1ccc(O)cc1)C(=O)N[C@@H](CCCN=C(N)N)C(=O)C[C@@H](C)C(=O)N[C@@H](CC(N)=O)C(=O)CCC(=O)N[C@@H](CC(=O)O)C(=O)C[C@@H](Cc1ccccc1)C(=O)N1CCC[C@H]1C(=O)N[C@@H](CS)C(=O)C[C@@H](Cc1ccc(O)cc1)C(=O)N[C@@H](CO)C(N)=O. The molecular formula is C69H95N11O18S. The predicted molar refractivity (Wildman–Crippen MR) is 365 cm³/mol. The van der Waals surface area contributed by atoms with Gasteiger partial charge in [0, 0.05) is 87.0 Å². The molecule has 0 unspecified atom stereocenters. The molecule has 3 aromatic rings. The number of carbonyl (C=O) groups is 14. The number of ketones is 5. The van der Waals surface area contributed by atoms with Gasteiger partial charge in [-0.2, -0.15) is 12.6 Å². The summed E-state index contributed by atoms with van der Waals surface area (Å²) in [6, 6.07) is 11.6. The molecule has 30 heteroatoms. The Hall–Kier alpha value is -9.58. The molecule has 1 fully saturated rings. The summed E-state index contributed by atoms with van der Waals surface area (Å²) in [6.07, 6.45) is -3.92. The van der Waals surface area contributed by atoms with Crippen LogP contribution in [-0.4, -0.2) is 175 Å². The molecule has 0 aromatic heterocycles. The molecule has 0 spiro atoms. The maximum absolute atomic E-state index is 14.7. The summed E-state index contributed by atoms with van der Waals surface area (Å²) in [6.45, 7) is 6.32. The first kappa shape index (κ1) is 81.8. The molecular weight excluding hydrogens is 1300 g/mol. The number of nitrogens with zero attached hydrogens (tertiary/aromatic N) is 2. The highest BCUT2D eigenvalue weighted by Gasteiger charge is 2.41. The smallest absolute Gasteiger partial charge is 0.305 e. The van der Waals surface area contributed by atoms with Crippen LogP contribution in [0.4, 0.5) is 0 Å². The molecule has 0 bridgehead atoms. The predicted octanol–water partition coefficient (Wildman–Crippen LogP) is 0.705. The van der Waals surface area contributed by atoms with Crippen molar-refractivity contribution in [2.75, 3.05) is 25.4 Å². The number of amides is 8. The number of Topliss-reactive ketones (excluding diaryl/α,β-unsaturated/α-hetero) is 5. The van der Waals surface area contributed by atoms with Crippen LogP contribution >= 0.6 is 12.6 Å². The van der Waals surface area contributed by atoms with Crippen molar-refractivity contribution in [2.24, 2.45) is 63.4 Å². The van der Waals surface area contributed by atoms with E-state index in [1.807, 2.05) is 13.8 Å². The van der Waals surface area contributed by atoms with E-state index in [4.69, 9.17) is 22.9 Å². The maximum atomic E-state index is 14.7. The molecule has 0 aliphatic carbocycles. The fraction of sp³-hybridized carbons (Fsp3) is 0.522. The first-order chi connectivity index (χ1) is 46.8. The normalized spacial score (nSPS) is 15.7. The minimum atomic E-state index is -1.77. The number of aliphatic hydroxyl groups is 1. The number of phenolic OH excluding ortho intramolecular Hbond substituents is 2. The number of nitrogens with two attached hydrogens (primary N) is 4. The van der Waals surface area contributed by atoms with Crippen LogP contribution in [0, 0.1) is 35.5 Å². The van der Waals surface area contributed by atoms with Crippen LogP contribution < -0.4 is 49.5 Å². The number of thiol groups is 1. The number of guanidine groups is 1. The number of aromatic hydroxyl groups is 2. The Labute approximate surface area is 580 Å². The second-order valence-electron chi connectivity index (χ2n) is 25.6. The van der Waals surface area contributed by atoms with Gasteiger partial charge < -0.3 is 74.8 Å². The number of aliphatic carboxylic acids is 1. The number of primary amides is 2. The first-order valence-corrected chi connectivity index (χ1v) is 33.5. The van der Waals surface area contributed by atoms with E-state index in [9.17, 15) is 87.5 Å². The van der Waals surface area contributed by atoms with Gasteiger partial charge in [0.05, 0.1) is 43.6 Å². The van der Waals surface area contributed by atoms with Gasteiger partial charge in [-0.25, -0.2) is 0 Å². The summed E-state index contributed by atoms with van der Waals surface area (Å²) in [7, 11) is 0. The zero-order valence-electron chi connectivity index (χ0n) is 56.2. The molecule has 1 saturated heterocycles. The lowest BCUT2D eigenvalue weighted by molar-refractivity contribution is -0.144. The van der Waals surface area contributed by atoms with Crippen molar-refractivity contribution in [3.63, 3.8) is 0 Å². The summed E-state index contributed by atoms with van der Waals surface area (Å²) in [4.78, 5) is 195. The lowest BCUT2D eigenvalue weighted by Gasteiger charge is -2.30. The summed E-state index contributed by atoms with van der Waals surface area (Å²) in [5, 5.41) is 51.8. The zero-order chi connectivity index (χ0) is 73.6. The Morgan fingerprint density at radius 1 is 0.556 bits per heavy atom. The number of benzene rings is 3. The van der Waals surface area contributed by atoms with E-state index < -0.39 is 188 Å². The maximum Gasteiger partial charge on any atom is 0.305 e. The van der Waals surface area contributed by atoms with Crippen LogP contribution in [0.5, 0.6) is 11.5 Å². The number of likely N-dealkylation sites (tertiary alicyclic amines) is 1. The zero-order valence-corrected chi connectivity index (χ0v) is 57.1. The minimum Gasteiger partial charge on any atom is -0.508 e. The number of aliphatic imine (C=N–C) groups is 1. The molecule has 4 rings (SSSR count). The van der Waals surface area contributed by atoms with Gasteiger partial charge in [0.1, 0.15) is 29.4 Å². The number of rotatable bonds is 45. The minimum absolute atomic E-state index is 0.00358. The summed E-state index contributed by atoms with van der Waals surface area (Å²) < 4.78 is 0. The molecule has 0 radical (unpaired) electrons. The molecule has 540 valence electrons. The van der Waals surface area contributed by atoms with Crippen LogP contribution in [0.2, 0.25) is 0 Å². The highest BCUT2D eigenvalue weighted by molar-refractivity contribution is 7.80. The number of carbonyl (C=O) groups excluding carboxylic acids is 13. The number of hydrogen-bond donors (Lipinski definition) is 14. The number of nitrogens with one attached hydrogen (secondary N) is 5. The number of carboxylic acids is 1. The highest BCUT2D eigenvalue weighted by Crippen LogP contribution is 2.27. The molecule has 8 amide bonds. The van der Waals surface area contributed by atoms with E-state index in [2.05, 4.69) is 44.2 Å². The largest absolute Gasteiger partial charge is 0.508 e. The van der Waals surface area contributed by atoms with Crippen molar-refractivity contribution < 1.29 is 87.5 Å². The number of carboxylic acid groups (broad SMARTS) is 1. The second kappa shape index (κ2) is 41.0. The van der Waals surface area contributed by atoms with Crippen LogP contribution in [0.25, 0.3) is 0 Å². The molecule has 3 aromatic carbocycles. The van der Waals surface area contributed by atoms with Gasteiger partial charge in [-0.3, -0.25) is 72.1 Å². The summed E-state index contributed by atoms with van der Waals surface area (Å²) in [5.74, 6) is -17.0. The van der Waals surface area contributed by atoms with Gasteiger partial charge in [0.15, 0.2) is 29.1 Å². The van der Waals surface area contributed by atoms with Crippen LogP contribution in [0.1, 0.15) is 128 Å². The van der Waals surface area contributed by atoms with Gasteiger partial charge in [0.25, 0.3) is 0 Å². The molecule has 1 aliphatic heterocycles. The Bertz CT molecular complexity index is 3350. The van der Waals surface area contributed by atoms with Crippen molar-refractivity contribution in [1.82, 2.24) is 31.5 Å². The lowest BCUT2D eigenvalue weighted by Crippen LogP contribution is -2.53. The molecule has 0 saturated carbocycles. The average Bonchev–Trinajstić information content (AvgIpc) is 1.75. The second-order valence-corrected chi connectivity index (χ2v) is 26.0. The van der Waals surface area contributed by atoms with E-state index >= 15 is 0 Å².